The van der Waals surface area contributed by atoms with Gasteiger partial charge in [-0.3, -0.25) is 4.79 Å². The first-order chi connectivity index (χ1) is 8.93. The maximum atomic E-state index is 12.4. The Morgan fingerprint density at radius 3 is 2.26 bits per heavy atom. The van der Waals surface area contributed by atoms with Crippen molar-refractivity contribution < 1.29 is 4.79 Å². The second-order valence-electron chi connectivity index (χ2n) is 5.44. The van der Waals surface area contributed by atoms with Crippen LogP contribution in [0.15, 0.2) is 0 Å². The molecule has 0 saturated heterocycles. The van der Waals surface area contributed by atoms with Gasteiger partial charge < -0.3 is 10.2 Å². The van der Waals surface area contributed by atoms with Gasteiger partial charge in [-0.2, -0.15) is 0 Å². The van der Waals surface area contributed by atoms with Gasteiger partial charge in [0, 0.05) is 19.6 Å². The zero-order valence-electron chi connectivity index (χ0n) is 12.4. The Kier molecular flexibility index (Phi) is 6.21. The van der Waals surface area contributed by atoms with Gasteiger partial charge in [0.2, 0.25) is 10.1 Å². The van der Waals surface area contributed by atoms with Crippen LogP contribution in [0.5, 0.6) is 0 Å². The van der Waals surface area contributed by atoms with E-state index in [4.69, 9.17) is 0 Å². The largest absolute Gasteiger partial charge is 0.360 e. The van der Waals surface area contributed by atoms with Crippen molar-refractivity contribution in [1.29, 1.82) is 0 Å². The summed E-state index contributed by atoms with van der Waals surface area (Å²) < 4.78 is 0. The Morgan fingerprint density at radius 2 is 1.79 bits per heavy atom. The number of carbonyl (C=O) groups is 1. The summed E-state index contributed by atoms with van der Waals surface area (Å²) in [5.41, 5.74) is 0. The minimum atomic E-state index is -0.0101. The summed E-state index contributed by atoms with van der Waals surface area (Å²) in [4.78, 5) is 14.3. The first-order valence-electron chi connectivity index (χ1n) is 6.80. The standard InChI is InChI=1S/C13H24N4OS/c1-6-14-13-16-15-11(19-13)12(18)17(7-9(2)3)8-10(4)5/h9-10H,6-8H2,1-5H3,(H,14,16). The number of nitrogens with one attached hydrogen (secondary N) is 1. The number of nitrogens with zero attached hydrogens (tertiary/aromatic N) is 3. The molecule has 108 valence electrons. The molecule has 0 bridgehead atoms. The molecule has 0 spiro atoms. The number of rotatable bonds is 7. The molecule has 0 fully saturated rings. The van der Waals surface area contributed by atoms with Gasteiger partial charge in [-0.1, -0.05) is 39.0 Å². The highest BCUT2D eigenvalue weighted by Gasteiger charge is 2.21. The number of hydrogen-bond donors (Lipinski definition) is 1. The van der Waals surface area contributed by atoms with E-state index in [1.807, 2.05) is 11.8 Å². The van der Waals surface area contributed by atoms with Crippen LogP contribution in [-0.4, -0.2) is 40.6 Å². The van der Waals surface area contributed by atoms with Gasteiger partial charge in [-0.15, -0.1) is 10.2 Å². The van der Waals surface area contributed by atoms with Crippen LogP contribution in [0.4, 0.5) is 5.13 Å². The smallest absolute Gasteiger partial charge is 0.284 e. The first kappa shape index (κ1) is 15.9. The average Bonchev–Trinajstić information content (AvgIpc) is 2.75. The maximum absolute atomic E-state index is 12.4. The Bertz CT molecular complexity index is 393. The fourth-order valence-corrected chi connectivity index (χ4v) is 2.57. The Morgan fingerprint density at radius 1 is 1.21 bits per heavy atom. The predicted octanol–water partition coefficient (Wildman–Crippen LogP) is 2.72. The van der Waals surface area contributed by atoms with Gasteiger partial charge in [-0.05, 0) is 18.8 Å². The quantitative estimate of drug-likeness (QED) is 0.836. The normalized spacial score (nSPS) is 11.1. The molecule has 1 N–H and O–H groups in total. The van der Waals surface area contributed by atoms with Crippen LogP contribution in [0.3, 0.4) is 0 Å². The molecule has 0 saturated carbocycles. The van der Waals surface area contributed by atoms with Crippen molar-refractivity contribution in [2.24, 2.45) is 11.8 Å². The van der Waals surface area contributed by atoms with E-state index in [2.05, 4.69) is 43.2 Å². The maximum Gasteiger partial charge on any atom is 0.284 e. The molecule has 0 unspecified atom stereocenters. The zero-order valence-corrected chi connectivity index (χ0v) is 13.3. The predicted molar refractivity (Wildman–Crippen MR) is 79.7 cm³/mol. The van der Waals surface area contributed by atoms with Crippen molar-refractivity contribution in [3.05, 3.63) is 5.01 Å². The molecule has 1 rings (SSSR count). The Hall–Kier alpha value is -1.17. The minimum Gasteiger partial charge on any atom is -0.360 e. The lowest BCUT2D eigenvalue weighted by Crippen LogP contribution is -2.37. The zero-order chi connectivity index (χ0) is 14.4. The summed E-state index contributed by atoms with van der Waals surface area (Å²) in [6, 6.07) is 0. The van der Waals surface area contributed by atoms with Crippen LogP contribution in [0.1, 0.15) is 44.4 Å². The van der Waals surface area contributed by atoms with E-state index < -0.39 is 0 Å². The molecule has 0 aliphatic rings. The van der Waals surface area contributed by atoms with Crippen molar-refractivity contribution in [1.82, 2.24) is 15.1 Å². The number of hydrogen-bond acceptors (Lipinski definition) is 5. The van der Waals surface area contributed by atoms with E-state index in [0.29, 0.717) is 22.0 Å². The van der Waals surface area contributed by atoms with E-state index >= 15 is 0 Å². The lowest BCUT2D eigenvalue weighted by molar-refractivity contribution is 0.0714. The van der Waals surface area contributed by atoms with E-state index in [0.717, 1.165) is 19.6 Å². The van der Waals surface area contributed by atoms with E-state index in [1.54, 1.807) is 0 Å². The SMILES string of the molecule is CCNc1nnc(C(=O)N(CC(C)C)CC(C)C)s1. The minimum absolute atomic E-state index is 0.0101. The highest BCUT2D eigenvalue weighted by atomic mass is 32.1. The van der Waals surface area contributed by atoms with E-state index in [1.165, 1.54) is 11.3 Å². The van der Waals surface area contributed by atoms with Gasteiger partial charge in [0.1, 0.15) is 0 Å². The number of aromatic nitrogens is 2. The van der Waals surface area contributed by atoms with Crippen LogP contribution in [0.25, 0.3) is 0 Å². The molecule has 0 aliphatic heterocycles. The summed E-state index contributed by atoms with van der Waals surface area (Å²) >= 11 is 1.32. The molecule has 1 aromatic heterocycles. The summed E-state index contributed by atoms with van der Waals surface area (Å²) in [5.74, 6) is 0.886. The molecular weight excluding hydrogens is 260 g/mol. The second-order valence-corrected chi connectivity index (χ2v) is 6.42. The third kappa shape index (κ3) is 5.14. The van der Waals surface area contributed by atoms with Gasteiger partial charge >= 0.3 is 0 Å². The lowest BCUT2D eigenvalue weighted by Gasteiger charge is -2.25. The Balaban J connectivity index is 2.78. The summed E-state index contributed by atoms with van der Waals surface area (Å²) in [5, 5.41) is 12.2. The fourth-order valence-electron chi connectivity index (χ4n) is 1.79. The molecule has 0 radical (unpaired) electrons. The Labute approximate surface area is 119 Å². The fraction of sp³-hybridized carbons (Fsp3) is 0.769. The van der Waals surface area contributed by atoms with Gasteiger partial charge in [-0.25, -0.2) is 0 Å². The molecule has 0 aliphatic carbocycles. The molecule has 1 aromatic rings. The third-order valence-corrected chi connectivity index (χ3v) is 3.26. The lowest BCUT2D eigenvalue weighted by atomic mass is 10.1. The number of amides is 1. The molecular formula is C13H24N4OS. The van der Waals surface area contributed by atoms with Gasteiger partial charge in [0.05, 0.1) is 0 Å². The second kappa shape index (κ2) is 7.43. The average molecular weight is 284 g/mol. The molecule has 5 nitrogen and oxygen atoms in total. The molecule has 0 aromatic carbocycles. The summed E-state index contributed by atoms with van der Waals surface area (Å²) in [6.07, 6.45) is 0. The van der Waals surface area contributed by atoms with Crippen molar-refractivity contribution in [3.8, 4) is 0 Å². The third-order valence-electron chi connectivity index (χ3n) is 2.39. The van der Waals surface area contributed by atoms with Gasteiger partial charge in [0.25, 0.3) is 5.91 Å². The molecule has 6 heteroatoms. The number of carbonyl (C=O) groups excluding carboxylic acids is 1. The van der Waals surface area contributed by atoms with Gasteiger partial charge in [0.15, 0.2) is 0 Å². The summed E-state index contributed by atoms with van der Waals surface area (Å²) in [6.45, 7) is 12.8. The highest BCUT2D eigenvalue weighted by Crippen LogP contribution is 2.18. The van der Waals surface area contributed by atoms with Crippen LogP contribution >= 0.6 is 11.3 Å². The molecule has 1 heterocycles. The van der Waals surface area contributed by atoms with Crippen molar-refractivity contribution >= 4 is 22.4 Å². The monoisotopic (exact) mass is 284 g/mol. The van der Waals surface area contributed by atoms with Crippen LogP contribution < -0.4 is 5.32 Å². The van der Waals surface area contributed by atoms with Crippen LogP contribution in [0, 0.1) is 11.8 Å². The van der Waals surface area contributed by atoms with E-state index in [9.17, 15) is 4.79 Å². The topological polar surface area (TPSA) is 58.1 Å². The molecule has 1 amide bonds. The van der Waals surface area contributed by atoms with E-state index in [-0.39, 0.29) is 5.91 Å². The van der Waals surface area contributed by atoms with Crippen LogP contribution in [0.2, 0.25) is 0 Å². The first-order valence-corrected chi connectivity index (χ1v) is 7.62. The van der Waals surface area contributed by atoms with Crippen molar-refractivity contribution in [2.75, 3.05) is 25.0 Å². The molecule has 19 heavy (non-hydrogen) atoms. The molecule has 0 atom stereocenters. The highest BCUT2D eigenvalue weighted by molar-refractivity contribution is 7.17. The van der Waals surface area contributed by atoms with Crippen LogP contribution in [-0.2, 0) is 0 Å². The number of anilines is 1. The summed E-state index contributed by atoms with van der Waals surface area (Å²) in [7, 11) is 0. The van der Waals surface area contributed by atoms with Crippen molar-refractivity contribution in [3.63, 3.8) is 0 Å². The van der Waals surface area contributed by atoms with Crippen molar-refractivity contribution in [2.45, 2.75) is 34.6 Å².